The Morgan fingerprint density at radius 3 is 2.55 bits per heavy atom. The van der Waals surface area contributed by atoms with Gasteiger partial charge in [-0.1, -0.05) is 25.0 Å². The van der Waals surface area contributed by atoms with Crippen LogP contribution in [0.2, 0.25) is 0 Å². The molecule has 4 nitrogen and oxygen atoms in total. The molecule has 0 amide bonds. The molecule has 0 aromatic carbocycles. The normalized spacial score (nSPS) is 16.6. The van der Waals surface area contributed by atoms with Crippen molar-refractivity contribution in [1.29, 1.82) is 0 Å². The minimum absolute atomic E-state index is 0. The van der Waals surface area contributed by atoms with Crippen molar-refractivity contribution < 1.29 is 0 Å². The number of hydrogen-bond acceptors (Lipinski definition) is 2. The van der Waals surface area contributed by atoms with Crippen LogP contribution in [0.1, 0.15) is 45.4 Å². The van der Waals surface area contributed by atoms with E-state index in [1.165, 1.54) is 51.7 Å². The zero-order valence-electron chi connectivity index (χ0n) is 12.9. The third-order valence-corrected chi connectivity index (χ3v) is 3.43. The molecule has 5 heteroatoms. The van der Waals surface area contributed by atoms with Crippen LogP contribution in [0, 0.1) is 0 Å². The molecule has 0 spiro atoms. The molecule has 0 aromatic rings. The van der Waals surface area contributed by atoms with Crippen molar-refractivity contribution in [3.63, 3.8) is 0 Å². The highest BCUT2D eigenvalue weighted by Crippen LogP contribution is 2.09. The number of aliphatic imine (C=N–C) groups is 1. The second kappa shape index (κ2) is 12.4. The topological polar surface area (TPSA) is 53.6 Å². The maximum Gasteiger partial charge on any atom is 0.188 e. The van der Waals surface area contributed by atoms with E-state index in [9.17, 15) is 0 Å². The van der Waals surface area contributed by atoms with E-state index >= 15 is 0 Å². The Bertz CT molecular complexity index is 286. The molecule has 1 saturated heterocycles. The van der Waals surface area contributed by atoms with Crippen molar-refractivity contribution in [2.75, 3.05) is 32.7 Å². The van der Waals surface area contributed by atoms with Gasteiger partial charge in [0.05, 0.1) is 6.54 Å². The third-order valence-electron chi connectivity index (χ3n) is 3.43. The minimum atomic E-state index is 0. The average molecular weight is 394 g/mol. The maximum atomic E-state index is 5.74. The Labute approximate surface area is 141 Å². The van der Waals surface area contributed by atoms with Gasteiger partial charge in [-0.25, -0.2) is 4.99 Å². The van der Waals surface area contributed by atoms with E-state index in [0.29, 0.717) is 12.5 Å². The van der Waals surface area contributed by atoms with Gasteiger partial charge in [-0.05, 0) is 52.2 Å². The van der Waals surface area contributed by atoms with Crippen LogP contribution >= 0.6 is 24.0 Å². The highest BCUT2D eigenvalue weighted by molar-refractivity contribution is 14.0. The predicted molar refractivity (Wildman–Crippen MR) is 98.9 cm³/mol. The summed E-state index contributed by atoms with van der Waals surface area (Å²) >= 11 is 0. The van der Waals surface area contributed by atoms with E-state index in [1.54, 1.807) is 0 Å². The van der Waals surface area contributed by atoms with Crippen LogP contribution in [0.5, 0.6) is 0 Å². The summed E-state index contributed by atoms with van der Waals surface area (Å²) in [5.41, 5.74) is 6.78. The first-order valence-electron chi connectivity index (χ1n) is 7.59. The quantitative estimate of drug-likeness (QED) is 0.219. The first-order valence-corrected chi connectivity index (χ1v) is 7.59. The number of halogens is 1. The lowest BCUT2D eigenvalue weighted by molar-refractivity contribution is 0.224. The van der Waals surface area contributed by atoms with Crippen molar-refractivity contribution in [3.05, 3.63) is 12.2 Å². The third kappa shape index (κ3) is 10.5. The molecule has 0 saturated carbocycles. The fourth-order valence-corrected chi connectivity index (χ4v) is 2.31. The largest absolute Gasteiger partial charge is 0.370 e. The summed E-state index contributed by atoms with van der Waals surface area (Å²) in [7, 11) is 0. The van der Waals surface area contributed by atoms with Crippen LogP contribution in [-0.2, 0) is 0 Å². The number of likely N-dealkylation sites (tertiary alicyclic amines) is 1. The van der Waals surface area contributed by atoms with Gasteiger partial charge in [-0.15, -0.1) is 24.0 Å². The van der Waals surface area contributed by atoms with Crippen molar-refractivity contribution in [2.45, 2.75) is 45.4 Å². The zero-order chi connectivity index (χ0) is 13.9. The molecule has 0 unspecified atom stereocenters. The Kier molecular flexibility index (Phi) is 12.3. The Hall–Kier alpha value is -0.300. The molecule has 0 aliphatic carbocycles. The highest BCUT2D eigenvalue weighted by atomic mass is 127. The van der Waals surface area contributed by atoms with Crippen LogP contribution in [0.15, 0.2) is 17.1 Å². The molecule has 118 valence electrons. The maximum absolute atomic E-state index is 5.74. The van der Waals surface area contributed by atoms with E-state index in [4.69, 9.17) is 5.73 Å². The van der Waals surface area contributed by atoms with Crippen LogP contribution < -0.4 is 11.1 Å². The Morgan fingerprint density at radius 2 is 1.90 bits per heavy atom. The number of unbranched alkanes of at least 4 members (excludes halogenated alkanes) is 2. The summed E-state index contributed by atoms with van der Waals surface area (Å²) in [4.78, 5) is 6.79. The molecule has 1 rings (SSSR count). The first kappa shape index (κ1) is 19.7. The molecule has 1 aliphatic rings. The van der Waals surface area contributed by atoms with Gasteiger partial charge >= 0.3 is 0 Å². The minimum Gasteiger partial charge on any atom is -0.370 e. The van der Waals surface area contributed by atoms with Gasteiger partial charge in [0.1, 0.15) is 0 Å². The molecule has 0 atom stereocenters. The molecule has 0 radical (unpaired) electrons. The molecular weight excluding hydrogens is 363 g/mol. The zero-order valence-corrected chi connectivity index (χ0v) is 15.2. The monoisotopic (exact) mass is 394 g/mol. The van der Waals surface area contributed by atoms with Gasteiger partial charge in [0, 0.05) is 6.54 Å². The van der Waals surface area contributed by atoms with Crippen LogP contribution in [0.4, 0.5) is 0 Å². The molecule has 3 N–H and O–H groups in total. The van der Waals surface area contributed by atoms with E-state index in [0.717, 1.165) is 18.5 Å². The van der Waals surface area contributed by atoms with E-state index in [-0.39, 0.29) is 24.0 Å². The standard InChI is InChI=1S/C15H30N4.HI/c1-14(2)13-18-15(16)17-9-5-3-6-10-19-11-7-4-8-12-19;/h1,3-13H2,2H3,(H3,16,17,18);1H. The van der Waals surface area contributed by atoms with Gasteiger partial charge in [0.15, 0.2) is 5.96 Å². The predicted octanol–water partition coefficient (Wildman–Crippen LogP) is 2.74. The van der Waals surface area contributed by atoms with Gasteiger partial charge in [-0.3, -0.25) is 0 Å². The van der Waals surface area contributed by atoms with Gasteiger partial charge in [0.2, 0.25) is 0 Å². The summed E-state index contributed by atoms with van der Waals surface area (Å²) in [6.45, 7) is 11.2. The first-order chi connectivity index (χ1) is 9.18. The fraction of sp³-hybridized carbons (Fsp3) is 0.800. The second-order valence-electron chi connectivity index (χ2n) is 5.55. The molecule has 0 bridgehead atoms. The molecular formula is C15H31IN4. The molecule has 1 heterocycles. The molecule has 0 aromatic heterocycles. The van der Waals surface area contributed by atoms with E-state index < -0.39 is 0 Å². The Morgan fingerprint density at radius 1 is 1.20 bits per heavy atom. The summed E-state index contributed by atoms with van der Waals surface area (Å²) in [6.07, 6.45) is 7.91. The smallest absolute Gasteiger partial charge is 0.188 e. The molecule has 20 heavy (non-hydrogen) atoms. The number of nitrogens with zero attached hydrogens (tertiary/aromatic N) is 2. The summed E-state index contributed by atoms with van der Waals surface area (Å²) in [5.74, 6) is 0.541. The van der Waals surface area contributed by atoms with Crippen LogP contribution in [0.25, 0.3) is 0 Å². The van der Waals surface area contributed by atoms with Crippen LogP contribution in [-0.4, -0.2) is 43.6 Å². The lowest BCUT2D eigenvalue weighted by Crippen LogP contribution is -2.33. The van der Waals surface area contributed by atoms with Crippen molar-refractivity contribution in [1.82, 2.24) is 10.2 Å². The summed E-state index contributed by atoms with van der Waals surface area (Å²) in [5, 5.41) is 3.15. The second-order valence-corrected chi connectivity index (χ2v) is 5.55. The van der Waals surface area contributed by atoms with Crippen LogP contribution in [0.3, 0.4) is 0 Å². The van der Waals surface area contributed by atoms with Crippen molar-refractivity contribution in [2.24, 2.45) is 10.7 Å². The highest BCUT2D eigenvalue weighted by Gasteiger charge is 2.08. The number of rotatable bonds is 8. The lowest BCUT2D eigenvalue weighted by atomic mass is 10.1. The number of nitrogens with one attached hydrogen (secondary N) is 1. The number of hydrogen-bond donors (Lipinski definition) is 2. The Balaban J connectivity index is 0.00000361. The fourth-order valence-electron chi connectivity index (χ4n) is 2.31. The number of nitrogens with two attached hydrogens (primary N) is 1. The molecule has 1 aliphatic heterocycles. The van der Waals surface area contributed by atoms with E-state index in [2.05, 4.69) is 21.8 Å². The average Bonchev–Trinajstić information content (AvgIpc) is 2.41. The number of guanidine groups is 1. The summed E-state index contributed by atoms with van der Waals surface area (Å²) in [6, 6.07) is 0. The van der Waals surface area contributed by atoms with Crippen molar-refractivity contribution >= 4 is 29.9 Å². The lowest BCUT2D eigenvalue weighted by Gasteiger charge is -2.26. The number of piperidine rings is 1. The van der Waals surface area contributed by atoms with Gasteiger partial charge < -0.3 is 16.0 Å². The molecule has 1 fully saturated rings. The summed E-state index contributed by atoms with van der Waals surface area (Å²) < 4.78 is 0. The van der Waals surface area contributed by atoms with Crippen molar-refractivity contribution in [3.8, 4) is 0 Å². The van der Waals surface area contributed by atoms with Gasteiger partial charge in [-0.2, -0.15) is 0 Å². The SMILES string of the molecule is C=C(C)CN=C(N)NCCCCCN1CCCCC1.I. The van der Waals surface area contributed by atoms with Gasteiger partial charge in [0.25, 0.3) is 0 Å². The van der Waals surface area contributed by atoms with E-state index in [1.807, 2.05) is 6.92 Å².